The Morgan fingerprint density at radius 2 is 2.33 bits per heavy atom. The molecule has 0 aliphatic carbocycles. The molecule has 64 valence electrons. The van der Waals surface area contributed by atoms with Crippen molar-refractivity contribution >= 4 is 16.3 Å². The van der Waals surface area contributed by atoms with Gasteiger partial charge in [0.15, 0.2) is 4.96 Å². The van der Waals surface area contributed by atoms with Crippen molar-refractivity contribution < 1.29 is 5.11 Å². The van der Waals surface area contributed by atoms with Crippen LogP contribution in [0.4, 0.5) is 0 Å². The molecule has 0 bridgehead atoms. The van der Waals surface area contributed by atoms with Crippen molar-refractivity contribution in [3.63, 3.8) is 0 Å². The highest BCUT2D eigenvalue weighted by Crippen LogP contribution is 2.19. The third-order valence-electron chi connectivity index (χ3n) is 1.98. The number of hydrogen-bond acceptors (Lipinski definition) is 3. The topological polar surface area (TPSA) is 37.5 Å². The van der Waals surface area contributed by atoms with E-state index in [-0.39, 0.29) is 6.61 Å². The zero-order valence-corrected chi connectivity index (χ0v) is 7.85. The average molecular weight is 182 g/mol. The Bertz CT molecular complexity index is 416. The van der Waals surface area contributed by atoms with E-state index in [2.05, 4.69) is 4.98 Å². The van der Waals surface area contributed by atoms with Crippen LogP contribution in [-0.2, 0) is 6.61 Å². The number of aromatic nitrogens is 2. The van der Waals surface area contributed by atoms with E-state index < -0.39 is 0 Å². The maximum atomic E-state index is 9.09. The van der Waals surface area contributed by atoms with Crippen molar-refractivity contribution in [1.82, 2.24) is 9.38 Å². The molecule has 0 spiro atoms. The largest absolute Gasteiger partial charge is 0.390 e. The maximum Gasteiger partial charge on any atom is 0.194 e. The second-order valence-electron chi connectivity index (χ2n) is 2.80. The lowest BCUT2D eigenvalue weighted by Crippen LogP contribution is -1.94. The van der Waals surface area contributed by atoms with Gasteiger partial charge in [-0.1, -0.05) is 0 Å². The summed E-state index contributed by atoms with van der Waals surface area (Å²) in [6.07, 6.45) is 0. The lowest BCUT2D eigenvalue weighted by molar-refractivity contribution is 0.274. The number of aliphatic hydroxyl groups excluding tert-OH is 1. The van der Waals surface area contributed by atoms with Crippen LogP contribution in [0.2, 0.25) is 0 Å². The standard InChI is InChI=1S/C8H10N2OS/c1-5-4-12-8-9-6(2)7(3-11)10(5)8/h4,11H,3H2,1-2H3. The minimum atomic E-state index is 0.0601. The quantitative estimate of drug-likeness (QED) is 0.725. The van der Waals surface area contributed by atoms with Gasteiger partial charge >= 0.3 is 0 Å². The van der Waals surface area contributed by atoms with Gasteiger partial charge in [0.05, 0.1) is 18.0 Å². The van der Waals surface area contributed by atoms with Crippen molar-refractivity contribution in [3.8, 4) is 0 Å². The maximum absolute atomic E-state index is 9.09. The van der Waals surface area contributed by atoms with Gasteiger partial charge in [0.2, 0.25) is 0 Å². The minimum Gasteiger partial charge on any atom is -0.390 e. The van der Waals surface area contributed by atoms with Crippen molar-refractivity contribution in [2.75, 3.05) is 0 Å². The SMILES string of the molecule is Cc1nc2scc(C)n2c1CO. The molecule has 2 heterocycles. The van der Waals surface area contributed by atoms with Gasteiger partial charge in [-0.25, -0.2) is 4.98 Å². The van der Waals surface area contributed by atoms with Crippen LogP contribution in [0.25, 0.3) is 4.96 Å². The van der Waals surface area contributed by atoms with Crippen LogP contribution in [0.15, 0.2) is 5.38 Å². The smallest absolute Gasteiger partial charge is 0.194 e. The summed E-state index contributed by atoms with van der Waals surface area (Å²) < 4.78 is 2.00. The fourth-order valence-electron chi connectivity index (χ4n) is 1.35. The van der Waals surface area contributed by atoms with Gasteiger partial charge in [-0.2, -0.15) is 0 Å². The number of aliphatic hydroxyl groups is 1. The number of rotatable bonds is 1. The van der Waals surface area contributed by atoms with Crippen LogP contribution in [-0.4, -0.2) is 14.5 Å². The normalized spacial score (nSPS) is 11.2. The van der Waals surface area contributed by atoms with E-state index >= 15 is 0 Å². The van der Waals surface area contributed by atoms with Crippen molar-refractivity contribution in [2.24, 2.45) is 0 Å². The summed E-state index contributed by atoms with van der Waals surface area (Å²) in [5, 5.41) is 11.1. The molecule has 3 nitrogen and oxygen atoms in total. The van der Waals surface area contributed by atoms with Crippen LogP contribution in [0.3, 0.4) is 0 Å². The number of aryl methyl sites for hydroxylation is 2. The summed E-state index contributed by atoms with van der Waals surface area (Å²) in [7, 11) is 0. The highest BCUT2D eigenvalue weighted by atomic mass is 32.1. The molecule has 0 saturated carbocycles. The van der Waals surface area contributed by atoms with Gasteiger partial charge in [-0.15, -0.1) is 11.3 Å². The molecular weight excluding hydrogens is 172 g/mol. The number of fused-ring (bicyclic) bond motifs is 1. The second kappa shape index (κ2) is 2.57. The number of nitrogens with zero attached hydrogens (tertiary/aromatic N) is 2. The third-order valence-corrected chi connectivity index (χ3v) is 2.92. The van der Waals surface area contributed by atoms with Gasteiger partial charge in [-0.05, 0) is 13.8 Å². The van der Waals surface area contributed by atoms with Crippen molar-refractivity contribution in [1.29, 1.82) is 0 Å². The molecule has 2 aromatic heterocycles. The second-order valence-corrected chi connectivity index (χ2v) is 3.63. The molecule has 0 fully saturated rings. The summed E-state index contributed by atoms with van der Waals surface area (Å²) in [4.78, 5) is 5.29. The Balaban J connectivity index is 2.84. The first-order chi connectivity index (χ1) is 5.74. The van der Waals surface area contributed by atoms with E-state index in [1.54, 1.807) is 11.3 Å². The lowest BCUT2D eigenvalue weighted by atomic mass is 10.3. The zero-order valence-electron chi connectivity index (χ0n) is 7.03. The number of thiazole rings is 1. The fourth-order valence-corrected chi connectivity index (χ4v) is 2.28. The summed E-state index contributed by atoms with van der Waals surface area (Å²) >= 11 is 1.61. The van der Waals surface area contributed by atoms with E-state index in [1.165, 1.54) is 0 Å². The summed E-state index contributed by atoms with van der Waals surface area (Å²) in [5.74, 6) is 0. The average Bonchev–Trinajstić information content (AvgIpc) is 2.52. The fraction of sp³-hybridized carbons (Fsp3) is 0.375. The van der Waals surface area contributed by atoms with Gasteiger partial charge in [0.25, 0.3) is 0 Å². The number of imidazole rings is 1. The molecule has 0 amide bonds. The van der Waals surface area contributed by atoms with Crippen molar-refractivity contribution in [2.45, 2.75) is 20.5 Å². The predicted molar refractivity (Wildman–Crippen MR) is 48.5 cm³/mol. The molecule has 1 N–H and O–H groups in total. The molecule has 2 rings (SSSR count). The molecule has 0 aliphatic rings. The van der Waals surface area contributed by atoms with Gasteiger partial charge < -0.3 is 5.11 Å². The van der Waals surface area contributed by atoms with Crippen LogP contribution in [0.5, 0.6) is 0 Å². The molecule has 0 radical (unpaired) electrons. The molecule has 0 saturated heterocycles. The monoisotopic (exact) mass is 182 g/mol. The highest BCUT2D eigenvalue weighted by Gasteiger charge is 2.09. The summed E-state index contributed by atoms with van der Waals surface area (Å²) in [5.41, 5.74) is 2.97. The lowest BCUT2D eigenvalue weighted by Gasteiger charge is -1.96. The molecule has 0 atom stereocenters. The zero-order chi connectivity index (χ0) is 8.72. The molecule has 12 heavy (non-hydrogen) atoms. The van der Waals surface area contributed by atoms with E-state index in [1.807, 2.05) is 23.6 Å². The van der Waals surface area contributed by atoms with Crippen LogP contribution < -0.4 is 0 Å². The van der Waals surface area contributed by atoms with Gasteiger partial charge in [0, 0.05) is 11.1 Å². The van der Waals surface area contributed by atoms with Crippen LogP contribution in [0.1, 0.15) is 17.1 Å². The first-order valence-corrected chi connectivity index (χ1v) is 4.65. The third kappa shape index (κ3) is 0.884. The van der Waals surface area contributed by atoms with E-state index in [4.69, 9.17) is 5.11 Å². The van der Waals surface area contributed by atoms with E-state index in [0.29, 0.717) is 0 Å². The predicted octanol–water partition coefficient (Wildman–Crippen LogP) is 1.50. The minimum absolute atomic E-state index is 0.0601. The van der Waals surface area contributed by atoms with Crippen LogP contribution in [0, 0.1) is 13.8 Å². The summed E-state index contributed by atoms with van der Waals surface area (Å²) in [6, 6.07) is 0. The Hall–Kier alpha value is -0.870. The van der Waals surface area contributed by atoms with Crippen molar-refractivity contribution in [3.05, 3.63) is 22.5 Å². The van der Waals surface area contributed by atoms with Crippen LogP contribution >= 0.6 is 11.3 Å². The molecule has 2 aromatic rings. The Kier molecular flexibility index (Phi) is 1.66. The summed E-state index contributed by atoms with van der Waals surface area (Å²) in [6.45, 7) is 4.00. The molecule has 0 aliphatic heterocycles. The Labute approximate surface area is 74.3 Å². The number of hydrogen-bond donors (Lipinski definition) is 1. The first-order valence-electron chi connectivity index (χ1n) is 3.77. The molecule has 0 unspecified atom stereocenters. The molecule has 4 heteroatoms. The van der Waals surface area contributed by atoms with Gasteiger partial charge in [-0.3, -0.25) is 4.40 Å². The van der Waals surface area contributed by atoms with E-state index in [9.17, 15) is 0 Å². The first kappa shape index (κ1) is 7.76. The molecular formula is C8H10N2OS. The van der Waals surface area contributed by atoms with E-state index in [0.717, 1.165) is 22.0 Å². The highest BCUT2D eigenvalue weighted by molar-refractivity contribution is 7.15. The van der Waals surface area contributed by atoms with Gasteiger partial charge in [0.1, 0.15) is 0 Å². The Morgan fingerprint density at radius 3 is 3.00 bits per heavy atom. The molecule has 0 aromatic carbocycles. The Morgan fingerprint density at radius 1 is 1.58 bits per heavy atom.